The fraction of sp³-hybridized carbons (Fsp3) is 0.417. The van der Waals surface area contributed by atoms with Crippen molar-refractivity contribution in [3.63, 3.8) is 0 Å². The van der Waals surface area contributed by atoms with E-state index in [9.17, 15) is 4.79 Å². The molecule has 0 saturated heterocycles. The molecule has 0 aliphatic carbocycles. The average Bonchev–Trinajstić information content (AvgIpc) is 2.31. The van der Waals surface area contributed by atoms with Crippen molar-refractivity contribution in [3.8, 4) is 5.75 Å². The van der Waals surface area contributed by atoms with Crippen LogP contribution in [0.4, 0.5) is 0 Å². The third-order valence-electron chi connectivity index (χ3n) is 2.18. The van der Waals surface area contributed by atoms with Gasteiger partial charge in [-0.15, -0.1) is 0 Å². The fourth-order valence-electron chi connectivity index (χ4n) is 1.29. The molecule has 0 fully saturated rings. The average molecular weight is 222 g/mol. The Balaban J connectivity index is 2.34. The second kappa shape index (κ2) is 6.85. The van der Waals surface area contributed by atoms with Gasteiger partial charge in [-0.05, 0) is 24.7 Å². The van der Waals surface area contributed by atoms with E-state index in [0.29, 0.717) is 13.0 Å². The summed E-state index contributed by atoms with van der Waals surface area (Å²) in [5.74, 6) is 0.788. The first-order chi connectivity index (χ1) is 7.76. The quantitative estimate of drug-likeness (QED) is 0.752. The molecule has 0 aromatic heterocycles. The summed E-state index contributed by atoms with van der Waals surface area (Å²) in [5, 5.41) is 5.63. The van der Waals surface area contributed by atoms with Crippen LogP contribution in [0.25, 0.3) is 0 Å². The molecule has 2 N–H and O–H groups in total. The molecule has 0 spiro atoms. The van der Waals surface area contributed by atoms with Gasteiger partial charge in [-0.3, -0.25) is 4.79 Å². The van der Waals surface area contributed by atoms with E-state index in [1.54, 1.807) is 7.05 Å². The lowest BCUT2D eigenvalue weighted by atomic mass is 10.2. The molecule has 4 heteroatoms. The van der Waals surface area contributed by atoms with Crippen molar-refractivity contribution in [2.24, 2.45) is 0 Å². The van der Waals surface area contributed by atoms with Crippen LogP contribution in [-0.4, -0.2) is 26.6 Å². The molecule has 16 heavy (non-hydrogen) atoms. The van der Waals surface area contributed by atoms with Crippen LogP contribution in [0.1, 0.15) is 12.0 Å². The minimum Gasteiger partial charge on any atom is -0.493 e. The predicted octanol–water partition coefficient (Wildman–Crippen LogP) is 0.921. The topological polar surface area (TPSA) is 50.4 Å². The molecule has 4 nitrogen and oxygen atoms in total. The van der Waals surface area contributed by atoms with Crippen LogP contribution in [0.5, 0.6) is 5.75 Å². The summed E-state index contributed by atoms with van der Waals surface area (Å²) in [4.78, 5) is 10.9. The van der Waals surface area contributed by atoms with Crippen molar-refractivity contribution >= 4 is 5.91 Å². The Hall–Kier alpha value is -1.55. The van der Waals surface area contributed by atoms with Crippen molar-refractivity contribution in [2.45, 2.75) is 13.0 Å². The van der Waals surface area contributed by atoms with Crippen LogP contribution >= 0.6 is 0 Å². The van der Waals surface area contributed by atoms with Crippen LogP contribution in [0.15, 0.2) is 24.3 Å². The van der Waals surface area contributed by atoms with Gasteiger partial charge in [0.05, 0.1) is 13.0 Å². The molecule has 0 heterocycles. The lowest BCUT2D eigenvalue weighted by Gasteiger charge is -2.06. The number of nitrogens with one attached hydrogen (secondary N) is 2. The van der Waals surface area contributed by atoms with Gasteiger partial charge in [0.25, 0.3) is 0 Å². The molecule has 0 atom stereocenters. The maximum Gasteiger partial charge on any atom is 0.223 e. The fourth-order valence-corrected chi connectivity index (χ4v) is 1.29. The van der Waals surface area contributed by atoms with Gasteiger partial charge < -0.3 is 15.4 Å². The van der Waals surface area contributed by atoms with Crippen molar-refractivity contribution in [1.82, 2.24) is 10.6 Å². The van der Waals surface area contributed by atoms with E-state index >= 15 is 0 Å². The standard InChI is InChI=1S/C12H18N2O2/c1-13-9-10-3-5-11(6-4-10)16-8-7-12(15)14-2/h3-6,13H,7-9H2,1-2H3,(H,14,15). The molecule has 1 rings (SSSR count). The van der Waals surface area contributed by atoms with Gasteiger partial charge in [0.1, 0.15) is 5.75 Å². The lowest BCUT2D eigenvalue weighted by molar-refractivity contribution is -0.121. The van der Waals surface area contributed by atoms with Crippen molar-refractivity contribution < 1.29 is 9.53 Å². The van der Waals surface area contributed by atoms with E-state index in [1.807, 2.05) is 31.3 Å². The molecular weight excluding hydrogens is 204 g/mol. The number of rotatable bonds is 6. The maximum atomic E-state index is 10.9. The molecule has 1 amide bonds. The Morgan fingerprint density at radius 2 is 1.94 bits per heavy atom. The first kappa shape index (κ1) is 12.5. The number of hydrogen-bond acceptors (Lipinski definition) is 3. The molecular formula is C12H18N2O2. The molecule has 0 bridgehead atoms. The van der Waals surface area contributed by atoms with Crippen molar-refractivity contribution in [3.05, 3.63) is 29.8 Å². The van der Waals surface area contributed by atoms with Crippen LogP contribution in [0.3, 0.4) is 0 Å². The summed E-state index contributed by atoms with van der Waals surface area (Å²) in [5.41, 5.74) is 1.21. The van der Waals surface area contributed by atoms with Crippen LogP contribution in [0, 0.1) is 0 Å². The smallest absolute Gasteiger partial charge is 0.223 e. The minimum atomic E-state index is -0.00759. The normalized spacial score (nSPS) is 9.88. The van der Waals surface area contributed by atoms with Crippen molar-refractivity contribution in [1.29, 1.82) is 0 Å². The van der Waals surface area contributed by atoms with E-state index in [-0.39, 0.29) is 5.91 Å². The van der Waals surface area contributed by atoms with Crippen LogP contribution in [-0.2, 0) is 11.3 Å². The maximum absolute atomic E-state index is 10.9. The molecule has 1 aromatic rings. The number of amides is 1. The summed E-state index contributed by atoms with van der Waals surface area (Å²) in [6.07, 6.45) is 0.384. The number of ether oxygens (including phenoxy) is 1. The Bertz CT molecular complexity index is 322. The Labute approximate surface area is 96.0 Å². The monoisotopic (exact) mass is 222 g/mol. The summed E-state index contributed by atoms with van der Waals surface area (Å²) in [6, 6.07) is 7.84. The number of carbonyl (C=O) groups is 1. The number of hydrogen-bond donors (Lipinski definition) is 2. The first-order valence-electron chi connectivity index (χ1n) is 5.33. The van der Waals surface area contributed by atoms with Gasteiger partial charge >= 0.3 is 0 Å². The molecule has 1 aromatic carbocycles. The summed E-state index contributed by atoms with van der Waals surface area (Å²) < 4.78 is 5.43. The molecule has 0 aliphatic rings. The molecule has 0 unspecified atom stereocenters. The Morgan fingerprint density at radius 1 is 1.25 bits per heavy atom. The van der Waals surface area contributed by atoms with E-state index < -0.39 is 0 Å². The lowest BCUT2D eigenvalue weighted by Crippen LogP contribution is -2.20. The minimum absolute atomic E-state index is 0.00759. The predicted molar refractivity (Wildman–Crippen MR) is 63.4 cm³/mol. The van der Waals surface area contributed by atoms with E-state index in [4.69, 9.17) is 4.74 Å². The van der Waals surface area contributed by atoms with Gasteiger partial charge in [0.15, 0.2) is 0 Å². The van der Waals surface area contributed by atoms with Gasteiger partial charge in [-0.1, -0.05) is 12.1 Å². The second-order valence-electron chi connectivity index (χ2n) is 3.45. The zero-order chi connectivity index (χ0) is 11.8. The summed E-state index contributed by atoms with van der Waals surface area (Å²) in [6.45, 7) is 1.25. The number of carbonyl (C=O) groups excluding carboxylic acids is 1. The van der Waals surface area contributed by atoms with Gasteiger partial charge in [0, 0.05) is 13.6 Å². The Morgan fingerprint density at radius 3 is 2.50 bits per heavy atom. The van der Waals surface area contributed by atoms with E-state index in [0.717, 1.165) is 12.3 Å². The summed E-state index contributed by atoms with van der Waals surface area (Å²) >= 11 is 0. The van der Waals surface area contributed by atoms with Crippen LogP contribution < -0.4 is 15.4 Å². The first-order valence-corrected chi connectivity index (χ1v) is 5.33. The van der Waals surface area contributed by atoms with Gasteiger partial charge in [-0.2, -0.15) is 0 Å². The van der Waals surface area contributed by atoms with Crippen LogP contribution in [0.2, 0.25) is 0 Å². The highest BCUT2D eigenvalue weighted by Crippen LogP contribution is 2.12. The molecule has 0 radical (unpaired) electrons. The highest BCUT2D eigenvalue weighted by molar-refractivity contribution is 5.75. The largest absolute Gasteiger partial charge is 0.493 e. The zero-order valence-electron chi connectivity index (χ0n) is 9.75. The zero-order valence-corrected chi connectivity index (χ0v) is 9.75. The van der Waals surface area contributed by atoms with E-state index in [1.165, 1.54) is 5.56 Å². The molecule has 0 aliphatic heterocycles. The second-order valence-corrected chi connectivity index (χ2v) is 3.45. The third-order valence-corrected chi connectivity index (χ3v) is 2.18. The summed E-state index contributed by atoms with van der Waals surface area (Å²) in [7, 11) is 3.53. The van der Waals surface area contributed by atoms with Gasteiger partial charge in [0.2, 0.25) is 5.91 Å². The highest BCUT2D eigenvalue weighted by atomic mass is 16.5. The van der Waals surface area contributed by atoms with Crippen molar-refractivity contribution in [2.75, 3.05) is 20.7 Å². The van der Waals surface area contributed by atoms with E-state index in [2.05, 4.69) is 10.6 Å². The Kier molecular flexibility index (Phi) is 5.36. The number of benzene rings is 1. The third kappa shape index (κ3) is 4.31. The highest BCUT2D eigenvalue weighted by Gasteiger charge is 1.99. The van der Waals surface area contributed by atoms with Gasteiger partial charge in [-0.25, -0.2) is 0 Å². The molecule has 0 saturated carbocycles. The SMILES string of the molecule is CNCc1ccc(OCCC(=O)NC)cc1. The molecule has 88 valence electrons.